The summed E-state index contributed by atoms with van der Waals surface area (Å²) in [7, 11) is 0. The van der Waals surface area contributed by atoms with Gasteiger partial charge >= 0.3 is 0 Å². The predicted octanol–water partition coefficient (Wildman–Crippen LogP) is 2.79. The highest BCUT2D eigenvalue weighted by Crippen LogP contribution is 2.21. The van der Waals surface area contributed by atoms with Crippen molar-refractivity contribution in [1.82, 2.24) is 10.6 Å². The van der Waals surface area contributed by atoms with Crippen LogP contribution in [0.1, 0.15) is 32.6 Å². The van der Waals surface area contributed by atoms with Crippen molar-refractivity contribution in [3.05, 3.63) is 21.3 Å². The first-order valence-corrected chi connectivity index (χ1v) is 6.77. The van der Waals surface area contributed by atoms with Crippen molar-refractivity contribution in [2.75, 3.05) is 0 Å². The molecule has 2 N–H and O–H groups in total. The Bertz CT molecular complexity index is 384. The van der Waals surface area contributed by atoms with E-state index in [1.54, 1.807) is 0 Å². The molecule has 1 rings (SSSR count). The van der Waals surface area contributed by atoms with Crippen LogP contribution in [0.2, 0.25) is 4.34 Å². The summed E-state index contributed by atoms with van der Waals surface area (Å²) in [6.45, 7) is 8.43. The Labute approximate surface area is 112 Å². The van der Waals surface area contributed by atoms with Gasteiger partial charge in [0.1, 0.15) is 0 Å². The maximum atomic E-state index is 11.8. The molecule has 0 saturated heterocycles. The third-order valence-corrected chi connectivity index (χ3v) is 3.33. The van der Waals surface area contributed by atoms with E-state index < -0.39 is 0 Å². The molecule has 0 bridgehead atoms. The SMILES string of the molecule is CC(NCc1ccc(Cl)s1)C(=O)NC(C)(C)C. The highest BCUT2D eigenvalue weighted by atomic mass is 35.5. The molecule has 1 aromatic rings. The number of rotatable bonds is 4. The summed E-state index contributed by atoms with van der Waals surface area (Å²) >= 11 is 7.36. The fourth-order valence-corrected chi connectivity index (χ4v) is 2.31. The molecule has 1 amide bonds. The van der Waals surface area contributed by atoms with E-state index in [1.807, 2.05) is 39.8 Å². The molecule has 0 aromatic carbocycles. The Balaban J connectivity index is 2.39. The maximum absolute atomic E-state index is 11.8. The summed E-state index contributed by atoms with van der Waals surface area (Å²) in [5.41, 5.74) is -0.195. The molecule has 0 aliphatic rings. The lowest BCUT2D eigenvalue weighted by Gasteiger charge is -2.23. The molecule has 1 aromatic heterocycles. The number of nitrogens with one attached hydrogen (secondary N) is 2. The van der Waals surface area contributed by atoms with Gasteiger partial charge in [0.05, 0.1) is 10.4 Å². The van der Waals surface area contributed by atoms with E-state index in [-0.39, 0.29) is 17.5 Å². The highest BCUT2D eigenvalue weighted by Gasteiger charge is 2.18. The normalized spacial score (nSPS) is 13.5. The van der Waals surface area contributed by atoms with Crippen molar-refractivity contribution >= 4 is 28.8 Å². The first-order chi connectivity index (χ1) is 7.78. The van der Waals surface area contributed by atoms with Crippen LogP contribution in [0.5, 0.6) is 0 Å². The maximum Gasteiger partial charge on any atom is 0.237 e. The minimum Gasteiger partial charge on any atom is -0.350 e. The van der Waals surface area contributed by atoms with Crippen LogP contribution in [0.25, 0.3) is 0 Å². The van der Waals surface area contributed by atoms with E-state index in [0.29, 0.717) is 6.54 Å². The highest BCUT2D eigenvalue weighted by molar-refractivity contribution is 7.16. The monoisotopic (exact) mass is 274 g/mol. The lowest BCUT2D eigenvalue weighted by atomic mass is 10.1. The van der Waals surface area contributed by atoms with Gasteiger partial charge in [-0.25, -0.2) is 0 Å². The molecule has 1 atom stereocenters. The van der Waals surface area contributed by atoms with E-state index in [4.69, 9.17) is 11.6 Å². The number of thiophene rings is 1. The summed E-state index contributed by atoms with van der Waals surface area (Å²) in [5.74, 6) is 0.0140. The van der Waals surface area contributed by atoms with Crippen LogP contribution in [-0.4, -0.2) is 17.5 Å². The summed E-state index contributed by atoms with van der Waals surface area (Å²) in [4.78, 5) is 12.9. The van der Waals surface area contributed by atoms with Crippen LogP contribution in [0.4, 0.5) is 0 Å². The van der Waals surface area contributed by atoms with Gasteiger partial charge in [-0.15, -0.1) is 11.3 Å². The van der Waals surface area contributed by atoms with E-state index in [0.717, 1.165) is 9.21 Å². The molecule has 0 aliphatic carbocycles. The first kappa shape index (κ1) is 14.5. The van der Waals surface area contributed by atoms with Crippen molar-refractivity contribution in [3.63, 3.8) is 0 Å². The van der Waals surface area contributed by atoms with Gasteiger partial charge in [-0.3, -0.25) is 4.79 Å². The minimum absolute atomic E-state index is 0.0140. The van der Waals surface area contributed by atoms with Gasteiger partial charge in [0.2, 0.25) is 5.91 Å². The van der Waals surface area contributed by atoms with Crippen LogP contribution in [0, 0.1) is 0 Å². The lowest BCUT2D eigenvalue weighted by molar-refractivity contribution is -0.124. The smallest absolute Gasteiger partial charge is 0.237 e. The van der Waals surface area contributed by atoms with Crippen LogP contribution in [-0.2, 0) is 11.3 Å². The molecule has 17 heavy (non-hydrogen) atoms. The van der Waals surface area contributed by atoms with Crippen molar-refractivity contribution in [1.29, 1.82) is 0 Å². The standard InChI is InChI=1S/C12H19ClN2OS/c1-8(11(16)15-12(2,3)4)14-7-9-5-6-10(13)17-9/h5-6,8,14H,7H2,1-4H3,(H,15,16). The summed E-state index contributed by atoms with van der Waals surface area (Å²) < 4.78 is 0.772. The van der Waals surface area contributed by atoms with E-state index in [2.05, 4.69) is 10.6 Å². The fourth-order valence-electron chi connectivity index (χ4n) is 1.27. The Hall–Kier alpha value is -0.580. The number of amides is 1. The molecule has 1 unspecified atom stereocenters. The van der Waals surface area contributed by atoms with E-state index >= 15 is 0 Å². The number of halogens is 1. The van der Waals surface area contributed by atoms with E-state index in [9.17, 15) is 4.79 Å². The predicted molar refractivity (Wildman–Crippen MR) is 73.5 cm³/mol. The molecule has 0 fully saturated rings. The number of hydrogen-bond acceptors (Lipinski definition) is 3. The van der Waals surface area contributed by atoms with Crippen LogP contribution < -0.4 is 10.6 Å². The number of carbonyl (C=O) groups is 1. The Morgan fingerprint density at radius 2 is 2.12 bits per heavy atom. The Morgan fingerprint density at radius 1 is 1.47 bits per heavy atom. The van der Waals surface area contributed by atoms with Crippen LogP contribution in [0.15, 0.2) is 12.1 Å². The lowest BCUT2D eigenvalue weighted by Crippen LogP contribution is -2.49. The zero-order valence-corrected chi connectivity index (χ0v) is 12.2. The summed E-state index contributed by atoms with van der Waals surface area (Å²) in [5, 5.41) is 6.11. The van der Waals surface area contributed by atoms with Gasteiger partial charge in [0.25, 0.3) is 0 Å². The summed E-state index contributed by atoms with van der Waals surface area (Å²) in [6.07, 6.45) is 0. The molecule has 0 radical (unpaired) electrons. The molecule has 1 heterocycles. The third kappa shape index (κ3) is 5.52. The van der Waals surface area contributed by atoms with Crippen molar-refractivity contribution in [2.45, 2.75) is 45.8 Å². The molecule has 0 saturated carbocycles. The molecule has 0 aliphatic heterocycles. The molecular formula is C12H19ClN2OS. The number of carbonyl (C=O) groups excluding carboxylic acids is 1. The fraction of sp³-hybridized carbons (Fsp3) is 0.583. The summed E-state index contributed by atoms with van der Waals surface area (Å²) in [6, 6.07) is 3.62. The van der Waals surface area contributed by atoms with Gasteiger partial charge in [0, 0.05) is 17.0 Å². The zero-order chi connectivity index (χ0) is 13.1. The largest absolute Gasteiger partial charge is 0.350 e. The average molecular weight is 275 g/mol. The molecular weight excluding hydrogens is 256 g/mol. The first-order valence-electron chi connectivity index (χ1n) is 5.57. The van der Waals surface area contributed by atoms with Gasteiger partial charge in [-0.05, 0) is 39.8 Å². The van der Waals surface area contributed by atoms with Gasteiger partial charge in [-0.1, -0.05) is 11.6 Å². The van der Waals surface area contributed by atoms with Crippen molar-refractivity contribution in [3.8, 4) is 0 Å². The van der Waals surface area contributed by atoms with Crippen LogP contribution >= 0.6 is 22.9 Å². The van der Waals surface area contributed by atoms with Crippen molar-refractivity contribution < 1.29 is 4.79 Å². The second-order valence-electron chi connectivity index (χ2n) is 5.05. The Morgan fingerprint density at radius 3 is 2.59 bits per heavy atom. The third-order valence-electron chi connectivity index (χ3n) is 2.10. The van der Waals surface area contributed by atoms with Crippen molar-refractivity contribution in [2.24, 2.45) is 0 Å². The molecule has 0 spiro atoms. The Kier molecular flexibility index (Phi) is 4.98. The minimum atomic E-state index is -0.213. The quantitative estimate of drug-likeness (QED) is 0.886. The molecule has 5 heteroatoms. The average Bonchev–Trinajstić information content (AvgIpc) is 2.58. The number of hydrogen-bond donors (Lipinski definition) is 2. The molecule has 96 valence electrons. The van der Waals surface area contributed by atoms with Gasteiger partial charge in [0.15, 0.2) is 0 Å². The van der Waals surface area contributed by atoms with Crippen LogP contribution in [0.3, 0.4) is 0 Å². The van der Waals surface area contributed by atoms with E-state index in [1.165, 1.54) is 11.3 Å². The zero-order valence-electron chi connectivity index (χ0n) is 10.6. The van der Waals surface area contributed by atoms with Gasteiger partial charge in [-0.2, -0.15) is 0 Å². The molecule has 3 nitrogen and oxygen atoms in total. The second-order valence-corrected chi connectivity index (χ2v) is 6.85. The topological polar surface area (TPSA) is 41.1 Å². The van der Waals surface area contributed by atoms with Gasteiger partial charge < -0.3 is 10.6 Å². The second kappa shape index (κ2) is 5.85.